The van der Waals surface area contributed by atoms with Crippen molar-refractivity contribution in [3.05, 3.63) is 63.1 Å². The van der Waals surface area contributed by atoms with E-state index in [2.05, 4.69) is 5.32 Å². The summed E-state index contributed by atoms with van der Waals surface area (Å²) < 4.78 is 33.0. The van der Waals surface area contributed by atoms with Crippen molar-refractivity contribution in [2.45, 2.75) is 30.4 Å². The van der Waals surface area contributed by atoms with Crippen LogP contribution in [-0.4, -0.2) is 44.4 Å². The van der Waals surface area contributed by atoms with E-state index in [9.17, 15) is 13.2 Å². The predicted molar refractivity (Wildman–Crippen MR) is 117 cm³/mol. The van der Waals surface area contributed by atoms with E-state index in [1.165, 1.54) is 24.3 Å². The third kappa shape index (κ3) is 6.09. The van der Waals surface area contributed by atoms with Crippen LogP contribution in [0.4, 0.5) is 0 Å². The van der Waals surface area contributed by atoms with Crippen LogP contribution in [0, 0.1) is 0 Å². The normalized spacial score (nSPS) is 16.7. The summed E-state index contributed by atoms with van der Waals surface area (Å²) in [4.78, 5) is 12.6. The average Bonchev–Trinajstić information content (AvgIpc) is 3.23. The molecule has 0 aliphatic carbocycles. The number of hydrogen-bond acceptors (Lipinski definition) is 4. The molecule has 3 rings (SSSR count). The first-order chi connectivity index (χ1) is 14.3. The highest BCUT2D eigenvalue weighted by atomic mass is 35.5. The molecule has 162 valence electrons. The van der Waals surface area contributed by atoms with Crippen LogP contribution < -0.4 is 5.32 Å². The van der Waals surface area contributed by atoms with Crippen molar-refractivity contribution < 1.29 is 17.9 Å². The van der Waals surface area contributed by atoms with Crippen LogP contribution in [0.2, 0.25) is 15.1 Å². The van der Waals surface area contributed by atoms with Gasteiger partial charge >= 0.3 is 0 Å². The molecular formula is C20H21Cl3N2O4S. The Morgan fingerprint density at radius 3 is 2.47 bits per heavy atom. The minimum absolute atomic E-state index is 0.0367. The lowest BCUT2D eigenvalue weighted by Crippen LogP contribution is -2.42. The van der Waals surface area contributed by atoms with E-state index < -0.39 is 15.9 Å². The van der Waals surface area contributed by atoms with E-state index in [0.717, 1.165) is 17.1 Å². The van der Waals surface area contributed by atoms with Crippen LogP contribution >= 0.6 is 34.8 Å². The monoisotopic (exact) mass is 490 g/mol. The molecular weight excluding hydrogens is 471 g/mol. The lowest BCUT2D eigenvalue weighted by atomic mass is 10.2. The number of amides is 1. The molecule has 1 aliphatic heterocycles. The van der Waals surface area contributed by atoms with Crippen molar-refractivity contribution in [2.24, 2.45) is 0 Å². The Morgan fingerprint density at radius 2 is 1.83 bits per heavy atom. The van der Waals surface area contributed by atoms with Gasteiger partial charge in [-0.2, -0.15) is 4.31 Å². The third-order valence-electron chi connectivity index (χ3n) is 4.67. The Balaban J connectivity index is 1.80. The van der Waals surface area contributed by atoms with Crippen LogP contribution in [-0.2, 0) is 26.1 Å². The first-order valence-corrected chi connectivity index (χ1v) is 11.9. The smallest absolute Gasteiger partial charge is 0.243 e. The number of sulfonamides is 1. The molecule has 0 unspecified atom stereocenters. The molecule has 2 aromatic rings. The molecule has 0 bridgehead atoms. The fraction of sp³-hybridized carbons (Fsp3) is 0.350. The maximum atomic E-state index is 13.2. The first kappa shape index (κ1) is 23.3. The van der Waals surface area contributed by atoms with Gasteiger partial charge in [0.15, 0.2) is 0 Å². The zero-order valence-electron chi connectivity index (χ0n) is 16.0. The van der Waals surface area contributed by atoms with Gasteiger partial charge in [0.2, 0.25) is 15.9 Å². The second-order valence-corrected chi connectivity index (χ2v) is 10.1. The van der Waals surface area contributed by atoms with Gasteiger partial charge < -0.3 is 10.1 Å². The van der Waals surface area contributed by atoms with E-state index in [0.29, 0.717) is 33.8 Å². The molecule has 30 heavy (non-hydrogen) atoms. The Kier molecular flexibility index (Phi) is 8.01. The lowest BCUT2D eigenvalue weighted by Gasteiger charge is -2.22. The van der Waals surface area contributed by atoms with E-state index in [1.54, 1.807) is 18.2 Å². The molecule has 2 aromatic carbocycles. The molecule has 0 saturated carbocycles. The summed E-state index contributed by atoms with van der Waals surface area (Å²) >= 11 is 17.9. The van der Waals surface area contributed by atoms with Crippen LogP contribution in [0.3, 0.4) is 0 Å². The molecule has 1 heterocycles. The number of rotatable bonds is 8. The number of nitrogens with one attached hydrogen (secondary N) is 1. The number of nitrogens with zero attached hydrogens (tertiary/aromatic N) is 1. The summed E-state index contributed by atoms with van der Waals surface area (Å²) in [6, 6.07) is 10.6. The SMILES string of the molecule is O=C(CN(Cc1ccc(Cl)c(Cl)c1)S(=O)(=O)c1ccc(Cl)cc1)NC[C@@H]1CCCO1. The van der Waals surface area contributed by atoms with Gasteiger partial charge in [-0.05, 0) is 54.8 Å². The molecule has 0 radical (unpaired) electrons. The fourth-order valence-electron chi connectivity index (χ4n) is 3.07. The zero-order valence-corrected chi connectivity index (χ0v) is 19.1. The number of hydrogen-bond donors (Lipinski definition) is 1. The summed E-state index contributed by atoms with van der Waals surface area (Å²) in [7, 11) is -3.96. The molecule has 1 atom stereocenters. The number of ether oxygens (including phenoxy) is 1. The van der Waals surface area contributed by atoms with Gasteiger partial charge in [0.25, 0.3) is 0 Å². The molecule has 0 spiro atoms. The van der Waals surface area contributed by atoms with Crippen molar-refractivity contribution in [3.63, 3.8) is 0 Å². The van der Waals surface area contributed by atoms with Crippen LogP contribution in [0.15, 0.2) is 47.4 Å². The fourth-order valence-corrected chi connectivity index (χ4v) is 4.90. The molecule has 6 nitrogen and oxygen atoms in total. The molecule has 10 heteroatoms. The molecule has 1 amide bonds. The van der Waals surface area contributed by atoms with Gasteiger partial charge in [-0.1, -0.05) is 40.9 Å². The molecule has 1 aliphatic rings. The van der Waals surface area contributed by atoms with E-state index in [-0.39, 0.29) is 24.1 Å². The van der Waals surface area contributed by atoms with Crippen molar-refractivity contribution in [2.75, 3.05) is 19.7 Å². The van der Waals surface area contributed by atoms with Crippen LogP contribution in [0.5, 0.6) is 0 Å². The highest BCUT2D eigenvalue weighted by Gasteiger charge is 2.27. The largest absolute Gasteiger partial charge is 0.376 e. The summed E-state index contributed by atoms with van der Waals surface area (Å²) in [6.45, 7) is 0.627. The molecule has 0 aromatic heterocycles. The van der Waals surface area contributed by atoms with Crippen LogP contribution in [0.25, 0.3) is 0 Å². The van der Waals surface area contributed by atoms with Gasteiger partial charge in [-0.15, -0.1) is 0 Å². The van der Waals surface area contributed by atoms with E-state index in [1.807, 2.05) is 0 Å². The summed E-state index contributed by atoms with van der Waals surface area (Å²) in [5.41, 5.74) is 0.605. The van der Waals surface area contributed by atoms with Crippen molar-refractivity contribution >= 4 is 50.7 Å². The summed E-state index contributed by atoms with van der Waals surface area (Å²) in [6.07, 6.45) is 1.79. The summed E-state index contributed by atoms with van der Waals surface area (Å²) in [5.74, 6) is -0.414. The predicted octanol–water partition coefficient (Wildman–Crippen LogP) is 4.13. The number of halogens is 3. The number of carbonyl (C=O) groups is 1. The standard InChI is InChI=1S/C20H21Cl3N2O4S/c21-15-4-6-17(7-5-15)30(27,28)25(12-14-3-8-18(22)19(23)10-14)13-20(26)24-11-16-2-1-9-29-16/h3-8,10,16H,1-2,9,11-13H2,(H,24,26)/t16-/m0/s1. The first-order valence-electron chi connectivity index (χ1n) is 9.33. The maximum absolute atomic E-state index is 13.2. The Morgan fingerprint density at radius 1 is 1.10 bits per heavy atom. The lowest BCUT2D eigenvalue weighted by molar-refractivity contribution is -0.121. The average molecular weight is 492 g/mol. The molecule has 1 saturated heterocycles. The topological polar surface area (TPSA) is 75.7 Å². The minimum atomic E-state index is -3.96. The van der Waals surface area contributed by atoms with Gasteiger partial charge in [0.1, 0.15) is 0 Å². The quantitative estimate of drug-likeness (QED) is 0.602. The van der Waals surface area contributed by atoms with Crippen LogP contribution in [0.1, 0.15) is 18.4 Å². The second kappa shape index (κ2) is 10.3. The highest BCUT2D eigenvalue weighted by molar-refractivity contribution is 7.89. The Labute approximate surface area is 191 Å². The van der Waals surface area contributed by atoms with Crippen molar-refractivity contribution in [1.29, 1.82) is 0 Å². The molecule has 1 N–H and O–H groups in total. The number of benzene rings is 2. The maximum Gasteiger partial charge on any atom is 0.243 e. The Hall–Kier alpha value is -1.35. The Bertz CT molecular complexity index is 994. The summed E-state index contributed by atoms with van der Waals surface area (Å²) in [5, 5.41) is 3.84. The van der Waals surface area contributed by atoms with Crippen molar-refractivity contribution in [1.82, 2.24) is 9.62 Å². The second-order valence-electron chi connectivity index (χ2n) is 6.91. The van der Waals surface area contributed by atoms with Gasteiger partial charge in [-0.25, -0.2) is 8.42 Å². The van der Waals surface area contributed by atoms with Gasteiger partial charge in [0.05, 0.1) is 27.6 Å². The van der Waals surface area contributed by atoms with Gasteiger partial charge in [-0.3, -0.25) is 4.79 Å². The highest BCUT2D eigenvalue weighted by Crippen LogP contribution is 2.25. The minimum Gasteiger partial charge on any atom is -0.376 e. The third-order valence-corrected chi connectivity index (χ3v) is 7.46. The van der Waals surface area contributed by atoms with Crippen molar-refractivity contribution in [3.8, 4) is 0 Å². The number of carbonyl (C=O) groups excluding carboxylic acids is 1. The van der Waals surface area contributed by atoms with E-state index >= 15 is 0 Å². The molecule has 1 fully saturated rings. The van der Waals surface area contributed by atoms with Gasteiger partial charge in [0, 0.05) is 24.7 Å². The van der Waals surface area contributed by atoms with E-state index in [4.69, 9.17) is 39.5 Å². The zero-order chi connectivity index (χ0) is 21.7.